The summed E-state index contributed by atoms with van der Waals surface area (Å²) in [6.45, 7) is 4.60. The lowest BCUT2D eigenvalue weighted by Gasteiger charge is -2.16. The number of nitriles is 1. The summed E-state index contributed by atoms with van der Waals surface area (Å²) in [7, 11) is 0. The number of nitrogens with one attached hydrogen (secondary N) is 1. The fraction of sp³-hybridized carbons (Fsp3) is 0.462. The third-order valence-electron chi connectivity index (χ3n) is 2.36. The van der Waals surface area contributed by atoms with Gasteiger partial charge in [0.25, 0.3) is 0 Å². The Morgan fingerprint density at radius 3 is 2.26 bits per heavy atom. The van der Waals surface area contributed by atoms with E-state index in [1.54, 1.807) is 26.0 Å². The molecule has 1 aromatic rings. The molecule has 0 bridgehead atoms. The van der Waals surface area contributed by atoms with Crippen molar-refractivity contribution in [3.8, 4) is 11.8 Å². The maximum absolute atomic E-state index is 11.9. The van der Waals surface area contributed by atoms with Gasteiger partial charge in [0, 0.05) is 13.1 Å². The van der Waals surface area contributed by atoms with Gasteiger partial charge in [-0.15, -0.1) is 13.2 Å². The Balaban J connectivity index is 2.47. The van der Waals surface area contributed by atoms with E-state index in [1.807, 2.05) is 0 Å². The minimum Gasteiger partial charge on any atom is -0.406 e. The van der Waals surface area contributed by atoms with Gasteiger partial charge in [-0.05, 0) is 31.5 Å². The number of hydrogen-bond acceptors (Lipinski definition) is 3. The van der Waals surface area contributed by atoms with Crippen LogP contribution in [0.4, 0.5) is 13.2 Å². The van der Waals surface area contributed by atoms with Gasteiger partial charge in [-0.3, -0.25) is 0 Å². The van der Waals surface area contributed by atoms with Gasteiger partial charge in [0.1, 0.15) is 5.75 Å². The molecule has 6 heteroatoms. The van der Waals surface area contributed by atoms with Crippen molar-refractivity contribution in [1.82, 2.24) is 5.32 Å². The van der Waals surface area contributed by atoms with Gasteiger partial charge >= 0.3 is 6.36 Å². The van der Waals surface area contributed by atoms with E-state index in [0.717, 1.165) is 5.56 Å². The first-order chi connectivity index (χ1) is 8.72. The van der Waals surface area contributed by atoms with Crippen LogP contribution < -0.4 is 10.1 Å². The van der Waals surface area contributed by atoms with Crippen molar-refractivity contribution < 1.29 is 17.9 Å². The monoisotopic (exact) mass is 272 g/mol. The number of rotatable bonds is 5. The molecule has 0 atom stereocenters. The Morgan fingerprint density at radius 1 is 1.21 bits per heavy atom. The van der Waals surface area contributed by atoms with E-state index in [-0.39, 0.29) is 5.75 Å². The summed E-state index contributed by atoms with van der Waals surface area (Å²) in [5, 5.41) is 11.9. The van der Waals surface area contributed by atoms with Crippen LogP contribution in [-0.2, 0) is 6.54 Å². The van der Waals surface area contributed by atoms with Gasteiger partial charge in [0.15, 0.2) is 0 Å². The third-order valence-corrected chi connectivity index (χ3v) is 2.36. The van der Waals surface area contributed by atoms with Gasteiger partial charge in [0.05, 0.1) is 11.5 Å². The standard InChI is InChI=1S/C13H15F3N2O/c1-12(2,8-17)9-18-7-10-3-5-11(6-4-10)19-13(14,15)16/h3-6,18H,7,9H2,1-2H3. The van der Waals surface area contributed by atoms with E-state index < -0.39 is 11.8 Å². The molecule has 0 saturated heterocycles. The van der Waals surface area contributed by atoms with Crippen LogP contribution in [0.15, 0.2) is 24.3 Å². The van der Waals surface area contributed by atoms with Gasteiger partial charge in [-0.25, -0.2) is 0 Å². The van der Waals surface area contributed by atoms with E-state index in [9.17, 15) is 13.2 Å². The van der Waals surface area contributed by atoms with E-state index in [0.29, 0.717) is 13.1 Å². The summed E-state index contributed by atoms with van der Waals surface area (Å²) >= 11 is 0. The maximum atomic E-state index is 11.9. The minimum atomic E-state index is -4.67. The zero-order chi connectivity index (χ0) is 14.5. The second kappa shape index (κ2) is 5.93. The first kappa shape index (κ1) is 15.3. The molecule has 3 nitrogen and oxygen atoms in total. The molecule has 1 rings (SSSR count). The molecule has 0 spiro atoms. The molecule has 104 valence electrons. The normalized spacial score (nSPS) is 12.0. The smallest absolute Gasteiger partial charge is 0.406 e. The van der Waals surface area contributed by atoms with Crippen molar-refractivity contribution in [3.05, 3.63) is 29.8 Å². The van der Waals surface area contributed by atoms with Crippen LogP contribution >= 0.6 is 0 Å². The van der Waals surface area contributed by atoms with E-state index in [2.05, 4.69) is 16.1 Å². The zero-order valence-corrected chi connectivity index (χ0v) is 10.7. The van der Waals surface area contributed by atoms with Crippen LogP contribution in [0.5, 0.6) is 5.75 Å². The minimum absolute atomic E-state index is 0.242. The van der Waals surface area contributed by atoms with Gasteiger partial charge < -0.3 is 10.1 Å². The lowest BCUT2D eigenvalue weighted by Crippen LogP contribution is -2.27. The third kappa shape index (κ3) is 6.11. The number of benzene rings is 1. The molecular weight excluding hydrogens is 257 g/mol. The van der Waals surface area contributed by atoms with Crippen molar-refractivity contribution in [2.45, 2.75) is 26.8 Å². The molecule has 0 aliphatic rings. The van der Waals surface area contributed by atoms with Crippen LogP contribution in [0.2, 0.25) is 0 Å². The summed E-state index contributed by atoms with van der Waals surface area (Å²) in [5.74, 6) is -0.242. The second-order valence-electron chi connectivity index (χ2n) is 4.79. The summed E-state index contributed by atoms with van der Waals surface area (Å²) in [4.78, 5) is 0. The summed E-state index contributed by atoms with van der Waals surface area (Å²) in [5.41, 5.74) is 0.350. The SMILES string of the molecule is CC(C)(C#N)CNCc1ccc(OC(F)(F)F)cc1. The Kier molecular flexibility index (Phi) is 4.78. The molecule has 1 N–H and O–H groups in total. The predicted octanol–water partition coefficient (Wildman–Crippen LogP) is 3.22. The van der Waals surface area contributed by atoms with Crippen LogP contribution in [-0.4, -0.2) is 12.9 Å². The van der Waals surface area contributed by atoms with Crippen molar-refractivity contribution in [1.29, 1.82) is 5.26 Å². The van der Waals surface area contributed by atoms with Crippen LogP contribution in [0, 0.1) is 16.7 Å². The number of ether oxygens (including phenoxy) is 1. The van der Waals surface area contributed by atoms with Crippen molar-refractivity contribution >= 4 is 0 Å². The predicted molar refractivity (Wildman–Crippen MR) is 64.2 cm³/mol. The molecule has 0 amide bonds. The summed E-state index contributed by atoms with van der Waals surface area (Å²) in [6.07, 6.45) is -4.67. The number of alkyl halides is 3. The Morgan fingerprint density at radius 2 is 1.79 bits per heavy atom. The van der Waals surface area contributed by atoms with Crippen molar-refractivity contribution in [2.75, 3.05) is 6.54 Å². The molecule has 0 aliphatic carbocycles. The number of halogens is 3. The molecule has 0 saturated carbocycles. The first-order valence-electron chi connectivity index (χ1n) is 5.68. The molecule has 0 aromatic heterocycles. The first-order valence-corrected chi connectivity index (χ1v) is 5.68. The largest absolute Gasteiger partial charge is 0.573 e. The van der Waals surface area contributed by atoms with Crippen LogP contribution in [0.3, 0.4) is 0 Å². The van der Waals surface area contributed by atoms with Gasteiger partial charge in [0.2, 0.25) is 0 Å². The lowest BCUT2D eigenvalue weighted by atomic mass is 9.96. The van der Waals surface area contributed by atoms with Crippen molar-refractivity contribution in [3.63, 3.8) is 0 Å². The highest BCUT2D eigenvalue weighted by Gasteiger charge is 2.30. The fourth-order valence-electron chi connectivity index (χ4n) is 1.37. The van der Waals surface area contributed by atoms with Crippen LogP contribution in [0.1, 0.15) is 19.4 Å². The highest BCUT2D eigenvalue weighted by Crippen LogP contribution is 2.22. The average molecular weight is 272 g/mol. The fourth-order valence-corrected chi connectivity index (χ4v) is 1.37. The Labute approximate surface area is 110 Å². The topological polar surface area (TPSA) is 45.0 Å². The Bertz CT molecular complexity index is 446. The Hall–Kier alpha value is -1.74. The number of hydrogen-bond donors (Lipinski definition) is 1. The molecule has 0 unspecified atom stereocenters. The molecule has 0 fully saturated rings. The quantitative estimate of drug-likeness (QED) is 0.895. The molecular formula is C13H15F3N2O. The van der Waals surface area contributed by atoms with E-state index >= 15 is 0 Å². The van der Waals surface area contributed by atoms with E-state index in [4.69, 9.17) is 5.26 Å². The van der Waals surface area contributed by atoms with Crippen molar-refractivity contribution in [2.24, 2.45) is 5.41 Å². The molecule has 19 heavy (non-hydrogen) atoms. The average Bonchev–Trinajstić information content (AvgIpc) is 2.29. The maximum Gasteiger partial charge on any atom is 0.573 e. The molecule has 0 aliphatic heterocycles. The van der Waals surface area contributed by atoms with Crippen LogP contribution in [0.25, 0.3) is 0 Å². The van der Waals surface area contributed by atoms with E-state index in [1.165, 1.54) is 12.1 Å². The molecule has 0 radical (unpaired) electrons. The highest BCUT2D eigenvalue weighted by molar-refractivity contribution is 5.27. The number of nitrogens with zero attached hydrogens (tertiary/aromatic N) is 1. The molecule has 1 aromatic carbocycles. The summed E-state index contributed by atoms with van der Waals surface area (Å²) in [6, 6.07) is 7.78. The molecule has 0 heterocycles. The van der Waals surface area contributed by atoms with Gasteiger partial charge in [-0.2, -0.15) is 5.26 Å². The summed E-state index contributed by atoms with van der Waals surface area (Å²) < 4.78 is 39.6. The van der Waals surface area contributed by atoms with Gasteiger partial charge in [-0.1, -0.05) is 12.1 Å². The lowest BCUT2D eigenvalue weighted by molar-refractivity contribution is -0.274. The second-order valence-corrected chi connectivity index (χ2v) is 4.79. The highest BCUT2D eigenvalue weighted by atomic mass is 19.4. The zero-order valence-electron chi connectivity index (χ0n) is 10.7.